The summed E-state index contributed by atoms with van der Waals surface area (Å²) in [5.74, 6) is 0.432. The largest absolute Gasteiger partial charge is 0.497 e. The van der Waals surface area contributed by atoms with Crippen LogP contribution in [-0.2, 0) is 16.0 Å². The van der Waals surface area contributed by atoms with E-state index in [0.29, 0.717) is 19.5 Å². The molecule has 0 aliphatic carbocycles. The second-order valence-electron chi connectivity index (χ2n) is 8.02. The van der Waals surface area contributed by atoms with Gasteiger partial charge in [0.05, 0.1) is 13.0 Å². The number of anilines is 1. The standard InChI is InChI=1S/C24H27N3O3/c1-15-8-16(2)10-19(9-15)27-14-18(11-23(27)28)24(29)25-7-6-17-13-26-22-5-4-20(30-3)12-21(17)22/h4-5,8-10,12-13,18,26H,6-7,11,14H2,1-3H3,(H,25,29). The molecule has 4 rings (SSSR count). The number of hydrogen-bond acceptors (Lipinski definition) is 3. The van der Waals surface area contributed by atoms with E-state index in [9.17, 15) is 9.59 Å². The summed E-state index contributed by atoms with van der Waals surface area (Å²) >= 11 is 0. The van der Waals surface area contributed by atoms with Gasteiger partial charge in [-0.3, -0.25) is 9.59 Å². The molecule has 1 aliphatic heterocycles. The maximum absolute atomic E-state index is 12.7. The van der Waals surface area contributed by atoms with E-state index in [2.05, 4.69) is 16.4 Å². The first kappa shape index (κ1) is 20.0. The second-order valence-corrected chi connectivity index (χ2v) is 8.02. The third kappa shape index (κ3) is 4.03. The zero-order valence-electron chi connectivity index (χ0n) is 17.6. The summed E-state index contributed by atoms with van der Waals surface area (Å²) in [6.45, 7) is 4.98. The quantitative estimate of drug-likeness (QED) is 0.659. The molecule has 1 aromatic heterocycles. The molecule has 6 nitrogen and oxygen atoms in total. The van der Waals surface area contributed by atoms with Crippen molar-refractivity contribution in [2.45, 2.75) is 26.7 Å². The van der Waals surface area contributed by atoms with Gasteiger partial charge in [-0.15, -0.1) is 0 Å². The van der Waals surface area contributed by atoms with Crippen LogP contribution in [0.25, 0.3) is 10.9 Å². The van der Waals surface area contributed by atoms with Crippen LogP contribution in [0.2, 0.25) is 0 Å². The fourth-order valence-corrected chi connectivity index (χ4v) is 4.20. The number of aromatic amines is 1. The normalized spacial score (nSPS) is 16.3. The lowest BCUT2D eigenvalue weighted by molar-refractivity contribution is -0.126. The first-order chi connectivity index (χ1) is 14.4. The van der Waals surface area contributed by atoms with Gasteiger partial charge in [-0.25, -0.2) is 0 Å². The number of carbonyl (C=O) groups excluding carboxylic acids is 2. The van der Waals surface area contributed by atoms with Crippen LogP contribution in [0.5, 0.6) is 5.75 Å². The van der Waals surface area contributed by atoms with Gasteiger partial charge in [0.1, 0.15) is 5.75 Å². The Balaban J connectivity index is 1.36. The number of benzene rings is 2. The molecule has 1 atom stereocenters. The van der Waals surface area contributed by atoms with Crippen molar-refractivity contribution in [3.8, 4) is 5.75 Å². The van der Waals surface area contributed by atoms with Crippen LogP contribution in [0.15, 0.2) is 42.6 Å². The smallest absolute Gasteiger partial charge is 0.227 e. The van der Waals surface area contributed by atoms with Crippen molar-refractivity contribution in [2.24, 2.45) is 5.92 Å². The van der Waals surface area contributed by atoms with Crippen molar-refractivity contribution >= 4 is 28.4 Å². The van der Waals surface area contributed by atoms with Crippen LogP contribution in [0.1, 0.15) is 23.1 Å². The molecule has 6 heteroatoms. The van der Waals surface area contributed by atoms with Gasteiger partial charge in [0.2, 0.25) is 11.8 Å². The van der Waals surface area contributed by atoms with Gasteiger partial charge < -0.3 is 19.9 Å². The summed E-state index contributed by atoms with van der Waals surface area (Å²) in [5, 5.41) is 4.11. The molecule has 156 valence electrons. The summed E-state index contributed by atoms with van der Waals surface area (Å²) in [4.78, 5) is 30.2. The van der Waals surface area contributed by atoms with Crippen LogP contribution in [0, 0.1) is 19.8 Å². The topological polar surface area (TPSA) is 74.4 Å². The molecule has 0 spiro atoms. The molecule has 0 radical (unpaired) electrons. The van der Waals surface area contributed by atoms with E-state index < -0.39 is 0 Å². The number of rotatable bonds is 6. The monoisotopic (exact) mass is 405 g/mol. The van der Waals surface area contributed by atoms with E-state index in [0.717, 1.165) is 39.0 Å². The van der Waals surface area contributed by atoms with Crippen molar-refractivity contribution in [2.75, 3.05) is 25.1 Å². The Morgan fingerprint density at radius 3 is 2.70 bits per heavy atom. The fraction of sp³-hybridized carbons (Fsp3) is 0.333. The summed E-state index contributed by atoms with van der Waals surface area (Å²) in [5.41, 5.74) is 5.27. The number of aromatic nitrogens is 1. The number of hydrogen-bond donors (Lipinski definition) is 2. The predicted molar refractivity (Wildman–Crippen MR) is 118 cm³/mol. The minimum absolute atomic E-state index is 0.00359. The lowest BCUT2D eigenvalue weighted by Gasteiger charge is -2.18. The lowest BCUT2D eigenvalue weighted by Crippen LogP contribution is -2.34. The molecule has 2 heterocycles. The molecule has 3 aromatic rings. The molecule has 1 fully saturated rings. The Labute approximate surface area is 176 Å². The van der Waals surface area contributed by atoms with Crippen molar-refractivity contribution < 1.29 is 14.3 Å². The Morgan fingerprint density at radius 1 is 1.20 bits per heavy atom. The number of aryl methyl sites for hydroxylation is 2. The first-order valence-electron chi connectivity index (χ1n) is 10.2. The summed E-state index contributed by atoms with van der Waals surface area (Å²) < 4.78 is 5.31. The number of nitrogens with zero attached hydrogens (tertiary/aromatic N) is 1. The van der Waals surface area contributed by atoms with Gasteiger partial charge in [-0.1, -0.05) is 6.07 Å². The summed E-state index contributed by atoms with van der Waals surface area (Å²) in [6, 6.07) is 12.0. The zero-order chi connectivity index (χ0) is 21.3. The zero-order valence-corrected chi connectivity index (χ0v) is 17.6. The number of fused-ring (bicyclic) bond motifs is 1. The average Bonchev–Trinajstić information content (AvgIpc) is 3.30. The number of nitrogens with one attached hydrogen (secondary N) is 2. The van der Waals surface area contributed by atoms with E-state index >= 15 is 0 Å². The summed E-state index contributed by atoms with van der Waals surface area (Å²) in [7, 11) is 1.65. The highest BCUT2D eigenvalue weighted by molar-refractivity contribution is 6.00. The molecule has 0 saturated carbocycles. The van der Waals surface area contributed by atoms with E-state index in [-0.39, 0.29) is 24.2 Å². The highest BCUT2D eigenvalue weighted by atomic mass is 16.5. The molecular weight excluding hydrogens is 378 g/mol. The molecule has 2 aromatic carbocycles. The third-order valence-electron chi connectivity index (χ3n) is 5.68. The molecule has 2 N–H and O–H groups in total. The van der Waals surface area contributed by atoms with Crippen LogP contribution >= 0.6 is 0 Å². The predicted octanol–water partition coefficient (Wildman–Crippen LogP) is 3.51. The second kappa shape index (κ2) is 8.22. The number of methoxy groups -OCH3 is 1. The molecule has 30 heavy (non-hydrogen) atoms. The van der Waals surface area contributed by atoms with Gasteiger partial charge in [0.15, 0.2) is 0 Å². The highest BCUT2D eigenvalue weighted by Gasteiger charge is 2.35. The highest BCUT2D eigenvalue weighted by Crippen LogP contribution is 2.27. The van der Waals surface area contributed by atoms with Gasteiger partial charge in [0, 0.05) is 42.3 Å². The average molecular weight is 405 g/mol. The Kier molecular flexibility index (Phi) is 5.48. The van der Waals surface area contributed by atoms with Crippen molar-refractivity contribution in [1.29, 1.82) is 0 Å². The van der Waals surface area contributed by atoms with Gasteiger partial charge in [-0.2, -0.15) is 0 Å². The van der Waals surface area contributed by atoms with Gasteiger partial charge in [0.25, 0.3) is 0 Å². The molecule has 2 amide bonds. The Hall–Kier alpha value is -3.28. The molecule has 1 aliphatic rings. The maximum atomic E-state index is 12.7. The first-order valence-corrected chi connectivity index (χ1v) is 10.2. The summed E-state index contributed by atoms with van der Waals surface area (Å²) in [6.07, 6.45) is 2.93. The number of ether oxygens (including phenoxy) is 1. The van der Waals surface area contributed by atoms with E-state index in [1.165, 1.54) is 0 Å². The molecular formula is C24H27N3O3. The van der Waals surface area contributed by atoms with Gasteiger partial charge in [-0.05, 0) is 67.3 Å². The maximum Gasteiger partial charge on any atom is 0.227 e. The fourth-order valence-electron chi connectivity index (χ4n) is 4.20. The van der Waals surface area contributed by atoms with E-state index in [4.69, 9.17) is 4.74 Å². The van der Waals surface area contributed by atoms with Crippen LogP contribution in [-0.4, -0.2) is 37.0 Å². The third-order valence-corrected chi connectivity index (χ3v) is 5.68. The minimum atomic E-state index is -0.318. The van der Waals surface area contributed by atoms with E-state index in [1.54, 1.807) is 12.0 Å². The minimum Gasteiger partial charge on any atom is -0.497 e. The lowest BCUT2D eigenvalue weighted by atomic mass is 10.1. The molecule has 1 unspecified atom stereocenters. The van der Waals surface area contributed by atoms with Gasteiger partial charge >= 0.3 is 0 Å². The van der Waals surface area contributed by atoms with Crippen molar-refractivity contribution in [3.05, 3.63) is 59.3 Å². The van der Waals surface area contributed by atoms with Crippen molar-refractivity contribution in [1.82, 2.24) is 10.3 Å². The molecule has 1 saturated heterocycles. The van der Waals surface area contributed by atoms with Crippen LogP contribution in [0.4, 0.5) is 5.69 Å². The van der Waals surface area contributed by atoms with Crippen LogP contribution in [0.3, 0.4) is 0 Å². The van der Waals surface area contributed by atoms with E-state index in [1.807, 2.05) is 50.4 Å². The van der Waals surface area contributed by atoms with Crippen molar-refractivity contribution in [3.63, 3.8) is 0 Å². The Morgan fingerprint density at radius 2 is 1.97 bits per heavy atom. The SMILES string of the molecule is COc1ccc2[nH]cc(CCNC(=O)C3CC(=O)N(c4cc(C)cc(C)c4)C3)c2c1. The Bertz CT molecular complexity index is 1080. The number of H-pyrrole nitrogens is 1. The number of carbonyl (C=O) groups is 2. The van der Waals surface area contributed by atoms with Crippen LogP contribution < -0.4 is 15.0 Å². The molecule has 0 bridgehead atoms. The number of amides is 2.